The van der Waals surface area contributed by atoms with Gasteiger partial charge in [-0.15, -0.1) is 11.3 Å². The number of nitrogens with two attached hydrogens (primary N) is 1. The number of aliphatic hydroxyl groups is 1. The lowest BCUT2D eigenvalue weighted by Gasteiger charge is -2.38. The lowest BCUT2D eigenvalue weighted by molar-refractivity contribution is -0.122. The molecule has 0 radical (unpaired) electrons. The molecule has 9 nitrogen and oxygen atoms in total. The van der Waals surface area contributed by atoms with Crippen molar-refractivity contribution in [1.29, 1.82) is 0 Å². The summed E-state index contributed by atoms with van der Waals surface area (Å²) in [6, 6.07) is 9.42. The second kappa shape index (κ2) is 7.73. The number of benzene rings is 1. The molecule has 4 aromatic rings. The Bertz CT molecular complexity index is 1490. The van der Waals surface area contributed by atoms with E-state index in [-0.39, 0.29) is 12.2 Å². The van der Waals surface area contributed by atoms with Crippen LogP contribution in [-0.2, 0) is 9.59 Å². The fraction of sp³-hybridized carbons (Fsp3) is 0.250. The second-order valence-electron chi connectivity index (χ2n) is 8.80. The standard InChI is InChI=1S/C24H22N6O3S/c25-24(12-31)6-8-30(9-7-24)23-27-15-4-2-1-3-13(15)19(28-23)18-17(21(32)29-22(18)33)14-11-26-16-5-10-34-20(14)16/h1-5,10-11,26,31H,6-9,12,25H2,(H,29,32,33). The van der Waals surface area contributed by atoms with Gasteiger partial charge in [0.05, 0.1) is 39.2 Å². The number of H-pyrrole nitrogens is 1. The molecule has 0 spiro atoms. The van der Waals surface area contributed by atoms with Gasteiger partial charge in [-0.05, 0) is 30.4 Å². The van der Waals surface area contributed by atoms with Gasteiger partial charge >= 0.3 is 0 Å². The molecule has 10 heteroatoms. The van der Waals surface area contributed by atoms with Gasteiger partial charge in [0, 0.05) is 35.8 Å². The number of hydrogen-bond donors (Lipinski definition) is 4. The third-order valence-corrected chi connectivity index (χ3v) is 7.62. The van der Waals surface area contributed by atoms with Crippen molar-refractivity contribution >= 4 is 61.4 Å². The number of aromatic amines is 1. The molecule has 0 aliphatic carbocycles. The maximum absolute atomic E-state index is 13.1. The van der Waals surface area contributed by atoms with Gasteiger partial charge in [0.1, 0.15) is 0 Å². The number of carbonyl (C=O) groups excluding carboxylic acids is 2. The molecule has 34 heavy (non-hydrogen) atoms. The Morgan fingerprint density at radius 3 is 2.65 bits per heavy atom. The van der Waals surface area contributed by atoms with Gasteiger partial charge in [-0.3, -0.25) is 14.9 Å². The minimum atomic E-state index is -0.607. The number of para-hydroxylation sites is 1. The number of hydrogen-bond acceptors (Lipinski definition) is 8. The SMILES string of the molecule is NC1(CO)CCN(c2nc(C3=C(c4c[nH]c5ccsc45)C(=O)NC3=O)c3ccccc3n2)CC1. The van der Waals surface area contributed by atoms with Crippen LogP contribution in [0.2, 0.25) is 0 Å². The Kier molecular flexibility index (Phi) is 4.76. The summed E-state index contributed by atoms with van der Waals surface area (Å²) in [5.41, 5.74) is 8.90. The topological polar surface area (TPSA) is 137 Å². The quantitative estimate of drug-likeness (QED) is 0.332. The number of amides is 2. The third-order valence-electron chi connectivity index (χ3n) is 6.67. The summed E-state index contributed by atoms with van der Waals surface area (Å²) in [7, 11) is 0. The molecule has 172 valence electrons. The highest BCUT2D eigenvalue weighted by Crippen LogP contribution is 2.38. The van der Waals surface area contributed by atoms with E-state index in [9.17, 15) is 14.7 Å². The summed E-state index contributed by atoms with van der Waals surface area (Å²) < 4.78 is 0.912. The summed E-state index contributed by atoms with van der Waals surface area (Å²) in [4.78, 5) is 40.8. The van der Waals surface area contributed by atoms with Crippen LogP contribution in [0.5, 0.6) is 0 Å². The Hall–Kier alpha value is -3.60. The van der Waals surface area contributed by atoms with E-state index in [0.29, 0.717) is 59.6 Å². The van der Waals surface area contributed by atoms with E-state index in [1.165, 1.54) is 11.3 Å². The Labute approximate surface area is 198 Å². The maximum atomic E-state index is 13.1. The summed E-state index contributed by atoms with van der Waals surface area (Å²) >= 11 is 1.51. The lowest BCUT2D eigenvalue weighted by atomic mass is 9.90. The zero-order valence-electron chi connectivity index (χ0n) is 18.2. The molecule has 1 aromatic carbocycles. The van der Waals surface area contributed by atoms with Crippen molar-refractivity contribution in [3.8, 4) is 0 Å². The van der Waals surface area contributed by atoms with Gasteiger partial charge in [-0.1, -0.05) is 18.2 Å². The van der Waals surface area contributed by atoms with E-state index in [0.717, 1.165) is 10.2 Å². The Balaban J connectivity index is 1.55. The van der Waals surface area contributed by atoms with Crippen LogP contribution in [0.3, 0.4) is 0 Å². The van der Waals surface area contributed by atoms with Crippen molar-refractivity contribution < 1.29 is 14.7 Å². The lowest BCUT2D eigenvalue weighted by Crippen LogP contribution is -2.53. The average molecular weight is 475 g/mol. The van der Waals surface area contributed by atoms with Gasteiger partial charge in [-0.25, -0.2) is 9.97 Å². The van der Waals surface area contributed by atoms with E-state index >= 15 is 0 Å². The molecule has 0 atom stereocenters. The minimum absolute atomic E-state index is 0.0724. The van der Waals surface area contributed by atoms with E-state index in [1.54, 1.807) is 6.20 Å². The highest BCUT2D eigenvalue weighted by Gasteiger charge is 2.37. The van der Waals surface area contributed by atoms with Gasteiger partial charge in [0.2, 0.25) is 5.95 Å². The zero-order chi connectivity index (χ0) is 23.4. The van der Waals surface area contributed by atoms with Crippen molar-refractivity contribution in [2.75, 3.05) is 24.6 Å². The predicted molar refractivity (Wildman–Crippen MR) is 131 cm³/mol. The summed E-state index contributed by atoms with van der Waals surface area (Å²) in [5.74, 6) is -0.434. The number of anilines is 1. The number of thiophene rings is 1. The van der Waals surface area contributed by atoms with Crippen molar-refractivity contribution in [1.82, 2.24) is 20.3 Å². The fourth-order valence-electron chi connectivity index (χ4n) is 4.68. The van der Waals surface area contributed by atoms with Crippen LogP contribution < -0.4 is 16.0 Å². The first-order chi connectivity index (χ1) is 16.5. The molecule has 6 rings (SSSR count). The largest absolute Gasteiger partial charge is 0.394 e. The minimum Gasteiger partial charge on any atom is -0.394 e. The van der Waals surface area contributed by atoms with Crippen LogP contribution in [0.4, 0.5) is 5.95 Å². The van der Waals surface area contributed by atoms with Crippen LogP contribution in [0.1, 0.15) is 24.1 Å². The van der Waals surface area contributed by atoms with E-state index in [4.69, 9.17) is 15.7 Å². The molecule has 0 unspecified atom stereocenters. The molecule has 5 heterocycles. The molecule has 5 N–H and O–H groups in total. The van der Waals surface area contributed by atoms with Gasteiger partial charge < -0.3 is 20.7 Å². The first-order valence-electron chi connectivity index (χ1n) is 11.0. The van der Waals surface area contributed by atoms with Crippen LogP contribution in [0.25, 0.3) is 32.3 Å². The van der Waals surface area contributed by atoms with Crippen molar-refractivity contribution in [2.24, 2.45) is 5.73 Å². The van der Waals surface area contributed by atoms with Crippen LogP contribution in [0.15, 0.2) is 41.9 Å². The Morgan fingerprint density at radius 2 is 1.85 bits per heavy atom. The number of fused-ring (bicyclic) bond motifs is 2. The molecule has 0 bridgehead atoms. The van der Waals surface area contributed by atoms with Gasteiger partial charge in [0.15, 0.2) is 0 Å². The van der Waals surface area contributed by atoms with Crippen LogP contribution in [-0.4, -0.2) is 57.1 Å². The number of carbonyl (C=O) groups is 2. The van der Waals surface area contributed by atoms with Crippen molar-refractivity contribution in [3.05, 3.63) is 53.2 Å². The molecule has 2 aliphatic heterocycles. The molecule has 1 saturated heterocycles. The zero-order valence-corrected chi connectivity index (χ0v) is 19.0. The molecular weight excluding hydrogens is 452 g/mol. The first-order valence-corrected chi connectivity index (χ1v) is 11.9. The summed E-state index contributed by atoms with van der Waals surface area (Å²) in [6.07, 6.45) is 2.96. The monoisotopic (exact) mass is 474 g/mol. The van der Waals surface area contributed by atoms with E-state index in [1.807, 2.05) is 40.6 Å². The average Bonchev–Trinajstić information content (AvgIpc) is 3.53. The molecule has 2 aliphatic rings. The normalized spacial score (nSPS) is 18.4. The van der Waals surface area contributed by atoms with Crippen LogP contribution in [0, 0.1) is 0 Å². The van der Waals surface area contributed by atoms with Crippen molar-refractivity contribution in [3.63, 3.8) is 0 Å². The third kappa shape index (κ3) is 3.22. The number of rotatable bonds is 4. The highest BCUT2D eigenvalue weighted by molar-refractivity contribution is 7.17. The number of nitrogens with zero attached hydrogens (tertiary/aromatic N) is 3. The number of nitrogens with one attached hydrogen (secondary N) is 2. The predicted octanol–water partition coefficient (Wildman–Crippen LogP) is 2.03. The highest BCUT2D eigenvalue weighted by atomic mass is 32.1. The van der Waals surface area contributed by atoms with Gasteiger partial charge in [-0.2, -0.15) is 0 Å². The number of aromatic nitrogens is 3. The summed E-state index contributed by atoms with van der Waals surface area (Å²) in [6.45, 7) is 1.09. The number of piperidine rings is 1. The fourth-order valence-corrected chi connectivity index (χ4v) is 5.56. The first kappa shape index (κ1) is 21.0. The van der Waals surface area contributed by atoms with E-state index < -0.39 is 17.4 Å². The Morgan fingerprint density at radius 1 is 1.09 bits per heavy atom. The smallest absolute Gasteiger partial charge is 0.261 e. The second-order valence-corrected chi connectivity index (χ2v) is 9.71. The van der Waals surface area contributed by atoms with E-state index in [2.05, 4.69) is 10.3 Å². The molecule has 0 saturated carbocycles. The van der Waals surface area contributed by atoms with Crippen molar-refractivity contribution in [2.45, 2.75) is 18.4 Å². The molecule has 3 aromatic heterocycles. The van der Waals surface area contributed by atoms with Crippen LogP contribution >= 0.6 is 11.3 Å². The van der Waals surface area contributed by atoms with Gasteiger partial charge in [0.25, 0.3) is 11.8 Å². The number of aliphatic hydroxyl groups excluding tert-OH is 1. The molecule has 2 amide bonds. The maximum Gasteiger partial charge on any atom is 0.261 e. The number of imide groups is 1. The summed E-state index contributed by atoms with van der Waals surface area (Å²) in [5, 5.41) is 14.7. The molecule has 1 fully saturated rings. The molecular formula is C24H22N6O3S.